The molecule has 1 spiro atoms. The molecule has 34 heavy (non-hydrogen) atoms. The number of likely N-dealkylation sites (tertiary alicyclic amines) is 1. The molecule has 1 aromatic heterocycles. The molecule has 0 radical (unpaired) electrons. The van der Waals surface area contributed by atoms with Gasteiger partial charge in [-0.05, 0) is 43.0 Å². The number of aliphatic hydroxyl groups is 1. The number of piperidine rings is 1. The van der Waals surface area contributed by atoms with Gasteiger partial charge in [0.1, 0.15) is 12.2 Å². The van der Waals surface area contributed by atoms with E-state index in [1.54, 1.807) is 30.3 Å². The number of aliphatic hydroxyl groups excluding tert-OH is 1. The number of pyridine rings is 1. The Balaban J connectivity index is 1.24. The van der Waals surface area contributed by atoms with Crippen LogP contribution < -0.4 is 9.64 Å². The number of benzene rings is 1. The molecule has 2 saturated heterocycles. The number of carbonyl (C=O) groups is 2. The summed E-state index contributed by atoms with van der Waals surface area (Å²) in [5.74, 6) is 0.121. The Kier molecular flexibility index (Phi) is 6.01. The Morgan fingerprint density at radius 3 is 2.76 bits per heavy atom. The van der Waals surface area contributed by atoms with Gasteiger partial charge in [0.05, 0.1) is 31.1 Å². The molecule has 180 valence electrons. The summed E-state index contributed by atoms with van der Waals surface area (Å²) < 4.78 is 16.4. The fraction of sp³-hybridized carbons (Fsp3) is 0.480. The minimum Gasteiger partial charge on any atom is -0.481 e. The first-order chi connectivity index (χ1) is 16.4. The number of carbonyl (C=O) groups excluding carboxylic acids is 2. The van der Waals surface area contributed by atoms with Gasteiger partial charge in [-0.2, -0.15) is 0 Å². The predicted molar refractivity (Wildman–Crippen MR) is 123 cm³/mol. The van der Waals surface area contributed by atoms with E-state index in [2.05, 4.69) is 9.88 Å². The fourth-order valence-corrected chi connectivity index (χ4v) is 5.19. The van der Waals surface area contributed by atoms with Gasteiger partial charge in [-0.25, -0.2) is 9.78 Å². The normalized spacial score (nSPS) is 20.9. The van der Waals surface area contributed by atoms with E-state index in [1.807, 2.05) is 19.1 Å². The molecule has 1 N–H and O–H groups in total. The molecule has 3 aliphatic rings. The van der Waals surface area contributed by atoms with Gasteiger partial charge < -0.3 is 29.1 Å². The summed E-state index contributed by atoms with van der Waals surface area (Å²) in [6, 6.07) is 7.12. The number of hydrogen-bond donors (Lipinski definition) is 1. The number of β-amino-alcohol motifs (C(OH)–C–C–N with tert-alkyl or cyclic N) is 1. The first kappa shape index (κ1) is 22.8. The summed E-state index contributed by atoms with van der Waals surface area (Å²) in [6.07, 6.45) is 2.06. The third-order valence-electron chi connectivity index (χ3n) is 7.23. The number of cyclic esters (lactones) is 1. The molecule has 0 aliphatic carbocycles. The number of rotatable bonds is 5. The lowest BCUT2D eigenvalue weighted by atomic mass is 9.87. The van der Waals surface area contributed by atoms with Crippen molar-refractivity contribution in [3.63, 3.8) is 0 Å². The highest BCUT2D eigenvalue weighted by Crippen LogP contribution is 2.35. The zero-order valence-electron chi connectivity index (χ0n) is 19.5. The van der Waals surface area contributed by atoms with Crippen molar-refractivity contribution in [2.75, 3.05) is 44.8 Å². The molecule has 9 heteroatoms. The van der Waals surface area contributed by atoms with Crippen LogP contribution in [0.1, 0.15) is 46.0 Å². The average Bonchev–Trinajstić information content (AvgIpc) is 3.24. The Labute approximate surface area is 198 Å². The zero-order valence-corrected chi connectivity index (χ0v) is 19.5. The van der Waals surface area contributed by atoms with Crippen molar-refractivity contribution in [3.05, 3.63) is 52.7 Å². The molecule has 1 aromatic carbocycles. The quantitative estimate of drug-likeness (QED) is 0.667. The monoisotopic (exact) mass is 467 g/mol. The first-order valence-electron chi connectivity index (χ1n) is 11.6. The fourth-order valence-electron chi connectivity index (χ4n) is 5.19. The molecule has 1 atom stereocenters. The third kappa shape index (κ3) is 3.93. The molecule has 0 unspecified atom stereocenters. The van der Waals surface area contributed by atoms with E-state index in [9.17, 15) is 14.7 Å². The van der Waals surface area contributed by atoms with Gasteiger partial charge in [0.25, 0.3) is 5.91 Å². The Hall–Kier alpha value is -3.01. The van der Waals surface area contributed by atoms with Crippen LogP contribution in [0.4, 0.5) is 5.69 Å². The Bertz CT molecular complexity index is 1110. The molecule has 2 fully saturated rings. The summed E-state index contributed by atoms with van der Waals surface area (Å²) in [7, 11) is 1.55. The lowest BCUT2D eigenvalue weighted by Crippen LogP contribution is -2.61. The van der Waals surface area contributed by atoms with Gasteiger partial charge in [0.15, 0.2) is 0 Å². The molecule has 4 heterocycles. The van der Waals surface area contributed by atoms with E-state index in [1.165, 1.54) is 0 Å². The number of hydrogen-bond acceptors (Lipinski definition) is 8. The highest BCUT2D eigenvalue weighted by Gasteiger charge is 2.47. The first-order valence-corrected chi connectivity index (χ1v) is 11.6. The van der Waals surface area contributed by atoms with Gasteiger partial charge in [-0.1, -0.05) is 6.07 Å². The zero-order chi connectivity index (χ0) is 23.9. The maximum atomic E-state index is 13.5. The minimum absolute atomic E-state index is 0.0358. The van der Waals surface area contributed by atoms with E-state index in [-0.39, 0.29) is 18.5 Å². The number of amides is 1. The Morgan fingerprint density at radius 1 is 1.21 bits per heavy atom. The number of fused-ring (bicyclic) bond motifs is 1. The molecular formula is C25H29N3O6. The third-order valence-corrected chi connectivity index (χ3v) is 7.23. The number of nitrogens with zero attached hydrogens (tertiary/aromatic N) is 3. The lowest BCUT2D eigenvalue weighted by molar-refractivity contribution is -0.158. The molecule has 0 bridgehead atoms. The topological polar surface area (TPSA) is 101 Å². The maximum absolute atomic E-state index is 13.5. The van der Waals surface area contributed by atoms with Crippen LogP contribution >= 0.6 is 0 Å². The van der Waals surface area contributed by atoms with E-state index in [0.29, 0.717) is 57.1 Å². The van der Waals surface area contributed by atoms with Crippen molar-refractivity contribution in [3.8, 4) is 5.88 Å². The maximum Gasteiger partial charge on any atom is 0.338 e. The summed E-state index contributed by atoms with van der Waals surface area (Å²) in [5, 5.41) is 11.0. The average molecular weight is 468 g/mol. The summed E-state index contributed by atoms with van der Waals surface area (Å²) in [5.41, 5.74) is 3.05. The highest BCUT2D eigenvalue weighted by atomic mass is 16.5. The predicted octanol–water partition coefficient (Wildman–Crippen LogP) is 2.00. The van der Waals surface area contributed by atoms with Crippen LogP contribution in [-0.4, -0.2) is 72.4 Å². The van der Waals surface area contributed by atoms with E-state index in [0.717, 1.165) is 22.4 Å². The summed E-state index contributed by atoms with van der Waals surface area (Å²) in [4.78, 5) is 33.3. The number of esters is 1. The molecule has 5 rings (SSSR count). The second kappa shape index (κ2) is 8.98. The van der Waals surface area contributed by atoms with Gasteiger partial charge >= 0.3 is 5.97 Å². The van der Waals surface area contributed by atoms with Crippen LogP contribution in [0.2, 0.25) is 0 Å². The standard InChI is InChI=1S/C25H29N3O6/c1-16-18(3-4-19-20(16)15-33-23(19)30)21(29)14-27-9-6-25(7-10-27)24(31)28(11-12-34-25)17-5-8-26-22(13-17)32-2/h3-5,8,13,21,29H,6-7,9-12,14-15H2,1-2H3/t21-/m0/s1. The van der Waals surface area contributed by atoms with E-state index in [4.69, 9.17) is 14.2 Å². The van der Waals surface area contributed by atoms with Crippen LogP contribution in [-0.2, 0) is 20.9 Å². The molecule has 9 nitrogen and oxygen atoms in total. The molecule has 3 aliphatic heterocycles. The molecule has 1 amide bonds. The van der Waals surface area contributed by atoms with Crippen LogP contribution in [0, 0.1) is 6.92 Å². The van der Waals surface area contributed by atoms with Gasteiger partial charge in [0.2, 0.25) is 5.88 Å². The number of ether oxygens (including phenoxy) is 3. The number of anilines is 1. The second-order valence-electron chi connectivity index (χ2n) is 9.05. The van der Waals surface area contributed by atoms with Crippen LogP contribution in [0.5, 0.6) is 5.88 Å². The van der Waals surface area contributed by atoms with Crippen LogP contribution in [0.15, 0.2) is 30.5 Å². The largest absolute Gasteiger partial charge is 0.481 e. The number of morpholine rings is 1. The number of aromatic nitrogens is 1. The van der Waals surface area contributed by atoms with E-state index < -0.39 is 11.7 Å². The van der Waals surface area contributed by atoms with Crippen LogP contribution in [0.3, 0.4) is 0 Å². The van der Waals surface area contributed by atoms with Gasteiger partial charge in [-0.3, -0.25) is 4.79 Å². The van der Waals surface area contributed by atoms with Crippen molar-refractivity contribution < 1.29 is 28.9 Å². The second-order valence-corrected chi connectivity index (χ2v) is 9.05. The summed E-state index contributed by atoms with van der Waals surface area (Å²) in [6.45, 7) is 4.86. The van der Waals surface area contributed by atoms with E-state index >= 15 is 0 Å². The molecule has 0 saturated carbocycles. The van der Waals surface area contributed by atoms with Crippen molar-refractivity contribution in [1.29, 1.82) is 0 Å². The lowest BCUT2D eigenvalue weighted by Gasteiger charge is -2.46. The minimum atomic E-state index is -0.850. The molecule has 2 aromatic rings. The van der Waals surface area contributed by atoms with Crippen molar-refractivity contribution in [2.24, 2.45) is 0 Å². The van der Waals surface area contributed by atoms with Crippen molar-refractivity contribution in [1.82, 2.24) is 9.88 Å². The van der Waals surface area contributed by atoms with Crippen molar-refractivity contribution >= 4 is 17.6 Å². The van der Waals surface area contributed by atoms with Crippen LogP contribution in [0.25, 0.3) is 0 Å². The summed E-state index contributed by atoms with van der Waals surface area (Å²) >= 11 is 0. The highest BCUT2D eigenvalue weighted by molar-refractivity contribution is 6.00. The van der Waals surface area contributed by atoms with Gasteiger partial charge in [-0.15, -0.1) is 0 Å². The smallest absolute Gasteiger partial charge is 0.338 e. The van der Waals surface area contributed by atoms with Crippen molar-refractivity contribution in [2.45, 2.75) is 38.1 Å². The van der Waals surface area contributed by atoms with Gasteiger partial charge in [0, 0.05) is 44.0 Å². The number of methoxy groups -OCH3 is 1. The molecular weight excluding hydrogens is 438 g/mol. The SMILES string of the molecule is COc1cc(N2CCOC3(CCN(C[C@H](O)c4ccc5c(c4C)COC5=O)CC3)C2=O)ccn1. The Morgan fingerprint density at radius 2 is 2.00 bits per heavy atom.